The van der Waals surface area contributed by atoms with Gasteiger partial charge in [-0.15, -0.1) is 0 Å². The smallest absolute Gasteiger partial charge is 1.00 e. The van der Waals surface area contributed by atoms with Gasteiger partial charge < -0.3 is 28.7 Å². The number of hydrogen-bond acceptors (Lipinski definition) is 10. The molecule has 0 N–H and O–H groups in total. The first-order valence-electron chi connectivity index (χ1n) is 1.50. The summed E-state index contributed by atoms with van der Waals surface area (Å²) in [7, 11) is -10.3. The molecule has 0 aromatic carbocycles. The van der Waals surface area contributed by atoms with Crippen LogP contribution in [0.3, 0.4) is 0 Å². The van der Waals surface area contributed by atoms with Gasteiger partial charge in [0, 0.05) is 20.8 Å². The van der Waals surface area contributed by atoms with Crippen molar-refractivity contribution < 1.29 is 354 Å². The van der Waals surface area contributed by atoms with Crippen LogP contribution in [0.2, 0.25) is 0 Å². The first-order chi connectivity index (χ1) is 5.00. The second kappa shape index (κ2) is 37.3. The van der Waals surface area contributed by atoms with Gasteiger partial charge in [0.15, 0.2) is 0 Å². The van der Waals surface area contributed by atoms with E-state index in [1.165, 1.54) is 0 Å². The van der Waals surface area contributed by atoms with Crippen LogP contribution in [0.1, 0.15) is 0 Å². The molecular formula is K6O10S2. The molecule has 0 unspecified atom stereocenters. The Kier molecular flexibility index (Phi) is 117. The Labute approximate surface area is 361 Å². The van der Waals surface area contributed by atoms with Gasteiger partial charge >= 0.3 is 308 Å². The van der Waals surface area contributed by atoms with Crippen LogP contribution in [0, 0.1) is 0 Å². The molecule has 0 aromatic rings. The van der Waals surface area contributed by atoms with Crippen LogP contribution >= 0.6 is 0 Å². The normalized spacial score (nSPS) is 6.78. The molecule has 78 valence electrons. The summed E-state index contributed by atoms with van der Waals surface area (Å²) in [6.07, 6.45) is 0. The third-order valence-electron chi connectivity index (χ3n) is 0. The molecule has 0 fully saturated rings. The second-order valence-electron chi connectivity index (χ2n) is 0.816. The van der Waals surface area contributed by atoms with Crippen LogP contribution in [0.5, 0.6) is 0 Å². The Morgan fingerprint density at radius 2 is 0.444 bits per heavy atom. The molecule has 18 heavy (non-hydrogen) atoms. The van der Waals surface area contributed by atoms with Crippen LogP contribution in [0.4, 0.5) is 0 Å². The minimum absolute atomic E-state index is 0. The molecule has 0 saturated heterocycles. The van der Waals surface area contributed by atoms with E-state index in [2.05, 4.69) is 0 Å². The second-order valence-corrected chi connectivity index (χ2v) is 2.45. The maximum Gasteiger partial charge on any atom is 1.00 e. The van der Waals surface area contributed by atoms with Crippen LogP contribution < -0.4 is 319 Å². The van der Waals surface area contributed by atoms with Crippen molar-refractivity contribution in [2.45, 2.75) is 0 Å². The molecule has 0 amide bonds. The van der Waals surface area contributed by atoms with Crippen LogP contribution in [-0.2, 0) is 20.8 Å². The molecule has 0 aromatic heterocycles. The van der Waals surface area contributed by atoms with Crippen molar-refractivity contribution in [3.63, 3.8) is 0 Å². The average molecular weight is 459 g/mol. The molecule has 0 radical (unpaired) electrons. The summed E-state index contributed by atoms with van der Waals surface area (Å²) >= 11 is 0. The monoisotopic (exact) mass is 458 g/mol. The predicted octanol–water partition coefficient (Wildman–Crippen LogP) is -23.0. The van der Waals surface area contributed by atoms with Crippen molar-refractivity contribution in [2.24, 2.45) is 0 Å². The van der Waals surface area contributed by atoms with E-state index in [-0.39, 0.29) is 308 Å². The molecule has 0 spiro atoms. The zero-order valence-electron chi connectivity index (χ0n) is 10.9. The van der Waals surface area contributed by atoms with Gasteiger partial charge in [-0.2, -0.15) is 0 Å². The third kappa shape index (κ3) is 170. The Bertz CT molecular complexity index is 221. The Morgan fingerprint density at radius 1 is 0.444 bits per heavy atom. The van der Waals surface area contributed by atoms with E-state index >= 15 is 0 Å². The number of rotatable bonds is 0. The fraction of sp³-hybridized carbons (Fsp3) is 0. The van der Waals surface area contributed by atoms with Gasteiger partial charge in [-0.05, 0) is 0 Å². The zero-order chi connectivity index (χ0) is 11.0. The van der Waals surface area contributed by atoms with Gasteiger partial charge in [-0.3, -0.25) is 16.8 Å². The van der Waals surface area contributed by atoms with Gasteiger partial charge in [-0.1, -0.05) is 0 Å². The maximum absolute atomic E-state index is 8.52. The Balaban J connectivity index is -0.00000000872. The summed E-state index contributed by atoms with van der Waals surface area (Å²) < 4.78 is 68.2. The van der Waals surface area contributed by atoms with Crippen LogP contribution in [0.15, 0.2) is 0 Å². The van der Waals surface area contributed by atoms with E-state index in [0.29, 0.717) is 0 Å². The Hall–Kier alpha value is 9.48. The van der Waals surface area contributed by atoms with E-state index in [9.17, 15) is 0 Å². The first-order valence-corrected chi connectivity index (χ1v) is 4.17. The summed E-state index contributed by atoms with van der Waals surface area (Å²) in [5.41, 5.74) is 0. The molecular weight excluding hydrogens is 459 g/mol. The minimum atomic E-state index is -5.17. The molecule has 0 aliphatic carbocycles. The van der Waals surface area contributed by atoms with E-state index in [1.807, 2.05) is 0 Å². The van der Waals surface area contributed by atoms with Gasteiger partial charge in [-0.25, -0.2) is 0 Å². The van der Waals surface area contributed by atoms with Crippen molar-refractivity contribution >= 4 is 20.8 Å². The SMILES string of the molecule is O=S(=O)([O-])[O-].O=S(=O)([O-])[O-].[K+].[K+].[K+].[K+].[K+].[K+].[O-][O-]. The summed E-state index contributed by atoms with van der Waals surface area (Å²) in [4.78, 5) is 0. The van der Waals surface area contributed by atoms with Gasteiger partial charge in [0.25, 0.3) is 0 Å². The zero-order valence-corrected chi connectivity index (χ0v) is 31.3. The van der Waals surface area contributed by atoms with Crippen LogP contribution in [0.25, 0.3) is 0 Å². The predicted molar refractivity (Wildman–Crippen MR) is 20.9 cm³/mol. The molecule has 0 heterocycles. The van der Waals surface area contributed by atoms with Crippen molar-refractivity contribution in [3.8, 4) is 0 Å². The molecule has 18 heteroatoms. The molecule has 0 bridgehead atoms. The molecule has 0 saturated carbocycles. The van der Waals surface area contributed by atoms with E-state index in [4.69, 9.17) is 45.6 Å². The molecule has 0 aliphatic heterocycles. The van der Waals surface area contributed by atoms with E-state index in [0.717, 1.165) is 0 Å². The largest absolute Gasteiger partial charge is 1.00 e. The van der Waals surface area contributed by atoms with Crippen molar-refractivity contribution in [1.82, 2.24) is 0 Å². The van der Waals surface area contributed by atoms with Gasteiger partial charge in [0.1, 0.15) is 0 Å². The van der Waals surface area contributed by atoms with Gasteiger partial charge in [0.05, 0.1) is 0 Å². The Morgan fingerprint density at radius 3 is 0.444 bits per heavy atom. The first kappa shape index (κ1) is 56.4. The summed E-state index contributed by atoms with van der Waals surface area (Å²) in [6.45, 7) is 0. The summed E-state index contributed by atoms with van der Waals surface area (Å²) in [6, 6.07) is 0. The van der Waals surface area contributed by atoms with Crippen molar-refractivity contribution in [3.05, 3.63) is 0 Å². The molecule has 0 aliphatic rings. The molecule has 10 nitrogen and oxygen atoms in total. The average Bonchev–Trinajstić information content (AvgIpc) is 1.59. The number of hydrogen-bond donors (Lipinski definition) is 0. The van der Waals surface area contributed by atoms with Crippen molar-refractivity contribution in [1.29, 1.82) is 0 Å². The maximum atomic E-state index is 8.52. The fourth-order valence-corrected chi connectivity index (χ4v) is 0. The molecule has 0 atom stereocenters. The van der Waals surface area contributed by atoms with Gasteiger partial charge in [0.2, 0.25) is 0 Å². The third-order valence-corrected chi connectivity index (χ3v) is 0. The van der Waals surface area contributed by atoms with Crippen molar-refractivity contribution in [2.75, 3.05) is 0 Å². The van der Waals surface area contributed by atoms with E-state index in [1.54, 1.807) is 0 Å². The molecule has 0 rings (SSSR count). The fourth-order valence-electron chi connectivity index (χ4n) is 0. The summed E-state index contributed by atoms with van der Waals surface area (Å²) in [5.74, 6) is 0. The quantitative estimate of drug-likeness (QED) is 0.110. The topological polar surface area (TPSA) is 207 Å². The van der Waals surface area contributed by atoms with Crippen LogP contribution in [-0.4, -0.2) is 35.0 Å². The standard InChI is InChI=1S/6K.2H2O4S.O2/c;;;;;;2*1-5(2,3)4;1-2/h;;;;;;2*(H2,1,2,3,4);/q6*+1;;;-2/p-4. The summed E-state index contributed by atoms with van der Waals surface area (Å²) in [5, 5.41) is 14.0. The minimum Gasteiger partial charge on any atom is -1.00 e. The van der Waals surface area contributed by atoms with E-state index < -0.39 is 20.8 Å².